The molecule has 0 saturated heterocycles. The smallest absolute Gasteiger partial charge is 0.339 e. The molecule has 0 aliphatic rings. The zero-order valence-corrected chi connectivity index (χ0v) is 9.90. The molecule has 2 rings (SSSR count). The molecule has 0 bridgehead atoms. The molecular formula is C11H6Cl2N2O2. The molecule has 86 valence electrons. The van der Waals surface area contributed by atoms with Gasteiger partial charge in [-0.25, -0.2) is 4.79 Å². The Balaban J connectivity index is 2.67. The van der Waals surface area contributed by atoms with Crippen LogP contribution >= 0.6 is 23.2 Å². The quantitative estimate of drug-likeness (QED) is 0.909. The lowest BCUT2D eigenvalue weighted by molar-refractivity contribution is 0.0697. The summed E-state index contributed by atoms with van der Waals surface area (Å²) in [6.45, 7) is 0. The van der Waals surface area contributed by atoms with Crippen LogP contribution in [0.5, 0.6) is 0 Å². The van der Waals surface area contributed by atoms with E-state index in [2.05, 4.69) is 10.2 Å². The van der Waals surface area contributed by atoms with Crippen LogP contribution in [0.4, 0.5) is 0 Å². The topological polar surface area (TPSA) is 63.1 Å². The molecule has 1 aromatic carbocycles. The third-order valence-electron chi connectivity index (χ3n) is 2.16. The molecule has 0 aliphatic carbocycles. The van der Waals surface area contributed by atoms with Crippen LogP contribution in [0.2, 0.25) is 10.2 Å². The van der Waals surface area contributed by atoms with E-state index >= 15 is 0 Å². The average Bonchev–Trinajstić information content (AvgIpc) is 2.28. The van der Waals surface area contributed by atoms with Crippen LogP contribution in [0.25, 0.3) is 11.1 Å². The van der Waals surface area contributed by atoms with Crippen molar-refractivity contribution >= 4 is 29.2 Å². The Bertz CT molecular complexity index is 587. The van der Waals surface area contributed by atoms with Gasteiger partial charge in [-0.3, -0.25) is 0 Å². The van der Waals surface area contributed by atoms with E-state index in [1.54, 1.807) is 24.3 Å². The van der Waals surface area contributed by atoms with E-state index in [1.165, 1.54) is 6.20 Å². The second kappa shape index (κ2) is 4.69. The minimum absolute atomic E-state index is 0.0797. The van der Waals surface area contributed by atoms with Crippen LogP contribution in [0.3, 0.4) is 0 Å². The summed E-state index contributed by atoms with van der Waals surface area (Å²) in [4.78, 5) is 11.1. The first-order chi connectivity index (χ1) is 8.09. The van der Waals surface area contributed by atoms with Gasteiger partial charge < -0.3 is 5.11 Å². The summed E-state index contributed by atoms with van der Waals surface area (Å²) in [6, 6.07) is 6.78. The average molecular weight is 269 g/mol. The summed E-state index contributed by atoms with van der Waals surface area (Å²) < 4.78 is 0. The first-order valence-electron chi connectivity index (χ1n) is 4.60. The highest BCUT2D eigenvalue weighted by atomic mass is 35.5. The zero-order chi connectivity index (χ0) is 12.4. The fraction of sp³-hybridized carbons (Fsp3) is 0. The molecule has 0 radical (unpaired) electrons. The van der Waals surface area contributed by atoms with Gasteiger partial charge in [0, 0.05) is 10.6 Å². The SMILES string of the molecule is O=C(O)c1c(-c2cccc(Cl)c2)cnnc1Cl. The Morgan fingerprint density at radius 1 is 1.29 bits per heavy atom. The summed E-state index contributed by atoms with van der Waals surface area (Å²) in [5, 5.41) is 16.6. The second-order valence-electron chi connectivity index (χ2n) is 3.24. The van der Waals surface area contributed by atoms with E-state index in [1.807, 2.05) is 0 Å². The number of aromatic nitrogens is 2. The van der Waals surface area contributed by atoms with E-state index in [4.69, 9.17) is 28.3 Å². The van der Waals surface area contributed by atoms with Crippen molar-refractivity contribution in [3.63, 3.8) is 0 Å². The number of benzene rings is 1. The van der Waals surface area contributed by atoms with Crippen molar-refractivity contribution in [3.05, 3.63) is 46.2 Å². The van der Waals surface area contributed by atoms with Gasteiger partial charge in [-0.2, -0.15) is 5.10 Å². The van der Waals surface area contributed by atoms with Crippen molar-refractivity contribution in [1.82, 2.24) is 10.2 Å². The highest BCUT2D eigenvalue weighted by Crippen LogP contribution is 2.28. The highest BCUT2D eigenvalue weighted by Gasteiger charge is 2.17. The van der Waals surface area contributed by atoms with Crippen LogP contribution in [0, 0.1) is 0 Å². The number of nitrogens with zero attached hydrogens (tertiary/aromatic N) is 2. The molecule has 6 heteroatoms. The summed E-state index contributed by atoms with van der Waals surface area (Å²) in [5.74, 6) is -1.15. The summed E-state index contributed by atoms with van der Waals surface area (Å²) in [7, 11) is 0. The van der Waals surface area contributed by atoms with Crippen LogP contribution in [0.15, 0.2) is 30.5 Å². The molecule has 17 heavy (non-hydrogen) atoms. The molecule has 0 spiro atoms. The number of hydrogen-bond acceptors (Lipinski definition) is 3. The first-order valence-corrected chi connectivity index (χ1v) is 5.35. The van der Waals surface area contributed by atoms with Gasteiger partial charge in [-0.15, -0.1) is 5.10 Å². The van der Waals surface area contributed by atoms with Crippen LogP contribution < -0.4 is 0 Å². The zero-order valence-electron chi connectivity index (χ0n) is 8.39. The molecule has 1 N–H and O–H groups in total. The molecular weight excluding hydrogens is 263 g/mol. The summed E-state index contributed by atoms with van der Waals surface area (Å²) in [5.41, 5.74) is 0.940. The van der Waals surface area contributed by atoms with E-state index in [-0.39, 0.29) is 10.7 Å². The Morgan fingerprint density at radius 3 is 2.71 bits per heavy atom. The second-order valence-corrected chi connectivity index (χ2v) is 4.03. The lowest BCUT2D eigenvalue weighted by Gasteiger charge is -2.06. The van der Waals surface area contributed by atoms with Crippen molar-refractivity contribution in [3.8, 4) is 11.1 Å². The Kier molecular flexibility index (Phi) is 3.26. The monoisotopic (exact) mass is 268 g/mol. The van der Waals surface area contributed by atoms with Gasteiger partial charge in [-0.1, -0.05) is 35.3 Å². The summed E-state index contributed by atoms with van der Waals surface area (Å²) in [6.07, 6.45) is 1.35. The molecule has 0 unspecified atom stereocenters. The predicted molar refractivity (Wildman–Crippen MR) is 64.4 cm³/mol. The van der Waals surface area contributed by atoms with E-state index in [0.29, 0.717) is 16.1 Å². The Labute approximate surface area is 107 Å². The number of aromatic carboxylic acids is 1. The largest absolute Gasteiger partial charge is 0.478 e. The number of rotatable bonds is 2. The van der Waals surface area contributed by atoms with Crippen LogP contribution in [-0.4, -0.2) is 21.3 Å². The Hall–Kier alpha value is -1.65. The van der Waals surface area contributed by atoms with Crippen molar-refractivity contribution in [1.29, 1.82) is 0 Å². The van der Waals surface area contributed by atoms with Gasteiger partial charge in [0.1, 0.15) is 5.56 Å². The molecule has 0 amide bonds. The van der Waals surface area contributed by atoms with Gasteiger partial charge in [-0.05, 0) is 17.7 Å². The number of halogens is 2. The third kappa shape index (κ3) is 2.38. The number of carboxylic acid groups (broad SMARTS) is 1. The van der Waals surface area contributed by atoms with Crippen molar-refractivity contribution in [2.24, 2.45) is 0 Å². The maximum atomic E-state index is 11.1. The fourth-order valence-electron chi connectivity index (χ4n) is 1.44. The van der Waals surface area contributed by atoms with Gasteiger partial charge in [0.15, 0.2) is 5.15 Å². The number of hydrogen-bond donors (Lipinski definition) is 1. The minimum atomic E-state index is -1.15. The van der Waals surface area contributed by atoms with Crippen molar-refractivity contribution < 1.29 is 9.90 Å². The standard InChI is InChI=1S/C11H6Cl2N2O2/c12-7-3-1-2-6(4-7)8-5-14-15-10(13)9(8)11(16)17/h1-5H,(H,16,17). The van der Waals surface area contributed by atoms with Crippen LogP contribution in [0.1, 0.15) is 10.4 Å². The van der Waals surface area contributed by atoms with Gasteiger partial charge in [0.2, 0.25) is 0 Å². The maximum absolute atomic E-state index is 11.1. The fourth-order valence-corrected chi connectivity index (χ4v) is 1.86. The lowest BCUT2D eigenvalue weighted by atomic mass is 10.0. The van der Waals surface area contributed by atoms with E-state index < -0.39 is 5.97 Å². The molecule has 2 aromatic rings. The maximum Gasteiger partial charge on any atom is 0.339 e. The first kappa shape index (κ1) is 11.8. The highest BCUT2D eigenvalue weighted by molar-refractivity contribution is 6.33. The minimum Gasteiger partial charge on any atom is -0.478 e. The molecule has 4 nitrogen and oxygen atoms in total. The summed E-state index contributed by atoms with van der Waals surface area (Å²) >= 11 is 11.6. The van der Waals surface area contributed by atoms with Gasteiger partial charge in [0.05, 0.1) is 6.20 Å². The van der Waals surface area contributed by atoms with Crippen molar-refractivity contribution in [2.75, 3.05) is 0 Å². The predicted octanol–water partition coefficient (Wildman–Crippen LogP) is 3.15. The lowest BCUT2D eigenvalue weighted by Crippen LogP contribution is -2.03. The number of carbonyl (C=O) groups is 1. The molecule has 0 fully saturated rings. The van der Waals surface area contributed by atoms with Crippen LogP contribution in [-0.2, 0) is 0 Å². The normalized spacial score (nSPS) is 10.2. The molecule has 0 atom stereocenters. The molecule has 0 aliphatic heterocycles. The third-order valence-corrected chi connectivity index (χ3v) is 2.66. The van der Waals surface area contributed by atoms with Gasteiger partial charge >= 0.3 is 5.97 Å². The van der Waals surface area contributed by atoms with E-state index in [0.717, 1.165) is 0 Å². The number of carboxylic acids is 1. The molecule has 1 heterocycles. The van der Waals surface area contributed by atoms with E-state index in [9.17, 15) is 4.79 Å². The van der Waals surface area contributed by atoms with Crippen molar-refractivity contribution in [2.45, 2.75) is 0 Å². The molecule has 1 aromatic heterocycles. The van der Waals surface area contributed by atoms with Gasteiger partial charge in [0.25, 0.3) is 0 Å². The molecule has 0 saturated carbocycles. The Morgan fingerprint density at radius 2 is 2.06 bits per heavy atom.